The minimum atomic E-state index is -1.26. The van der Waals surface area contributed by atoms with Gasteiger partial charge in [0, 0.05) is 24.4 Å². The molecule has 44 heavy (non-hydrogen) atoms. The Bertz CT molecular complexity index is 1590. The molecule has 0 unspecified atom stereocenters. The molecular formula is C31H37N9O4. The lowest BCUT2D eigenvalue weighted by molar-refractivity contribution is -0.127. The summed E-state index contributed by atoms with van der Waals surface area (Å²) in [7, 11) is 0. The van der Waals surface area contributed by atoms with Gasteiger partial charge < -0.3 is 21.7 Å². The highest BCUT2D eigenvalue weighted by atomic mass is 16.2. The first-order chi connectivity index (χ1) is 21.2. The summed E-state index contributed by atoms with van der Waals surface area (Å²) in [5.41, 5.74) is 7.09. The Balaban J connectivity index is 1.53. The Hall–Kier alpha value is -5.20. The molecule has 2 aromatic heterocycles. The molecule has 4 amide bonds. The number of pyridine rings is 1. The lowest BCUT2D eigenvalue weighted by Gasteiger charge is -2.23. The van der Waals surface area contributed by atoms with Crippen molar-refractivity contribution in [3.05, 3.63) is 83.8 Å². The standard InChI is InChI=1S/C31H37N9O4/c1-3-4-16-33-29(42)20(2)40-28(37-38-39-40)18-23(17-21-10-6-5-7-11-21)34-31(44)26(19-27(32)41)36-30(43)25-15-14-22-12-8-9-13-24(22)35-25/h5-15,20,23,26H,3-4,16-19H2,1-2H3,(H2,32,41)(H,33,42)(H,34,44)(H,36,43)/t20-,23-,26-/m0/s1. The number of nitrogens with two attached hydrogens (primary N) is 1. The number of primary amides is 1. The minimum absolute atomic E-state index is 0.0946. The molecule has 230 valence electrons. The van der Waals surface area contributed by atoms with E-state index in [4.69, 9.17) is 5.73 Å². The van der Waals surface area contributed by atoms with Gasteiger partial charge in [-0.3, -0.25) is 19.2 Å². The van der Waals surface area contributed by atoms with E-state index in [0.29, 0.717) is 24.3 Å². The Kier molecular flexibility index (Phi) is 11.0. The minimum Gasteiger partial charge on any atom is -0.370 e. The van der Waals surface area contributed by atoms with Crippen molar-refractivity contribution in [1.29, 1.82) is 0 Å². The Morgan fingerprint density at radius 2 is 1.66 bits per heavy atom. The number of aromatic nitrogens is 5. The van der Waals surface area contributed by atoms with Gasteiger partial charge in [0.2, 0.25) is 17.7 Å². The molecule has 13 heteroatoms. The van der Waals surface area contributed by atoms with Crippen LogP contribution in [0.2, 0.25) is 0 Å². The fourth-order valence-electron chi connectivity index (χ4n) is 4.72. The fourth-order valence-corrected chi connectivity index (χ4v) is 4.72. The van der Waals surface area contributed by atoms with E-state index < -0.39 is 42.3 Å². The van der Waals surface area contributed by atoms with Gasteiger partial charge in [-0.05, 0) is 47.9 Å². The van der Waals surface area contributed by atoms with Gasteiger partial charge in [-0.1, -0.05) is 67.9 Å². The first-order valence-electron chi connectivity index (χ1n) is 14.6. The molecule has 0 aliphatic rings. The molecule has 0 radical (unpaired) electrons. The normalized spacial score (nSPS) is 13.0. The summed E-state index contributed by atoms with van der Waals surface area (Å²) in [6, 6.07) is 17.6. The highest BCUT2D eigenvalue weighted by Gasteiger charge is 2.28. The summed E-state index contributed by atoms with van der Waals surface area (Å²) in [4.78, 5) is 55.7. The highest BCUT2D eigenvalue weighted by molar-refractivity contribution is 5.99. The molecule has 5 N–H and O–H groups in total. The molecule has 2 aromatic carbocycles. The van der Waals surface area contributed by atoms with E-state index >= 15 is 0 Å². The van der Waals surface area contributed by atoms with Crippen molar-refractivity contribution in [2.75, 3.05) is 6.54 Å². The number of nitrogens with one attached hydrogen (secondary N) is 3. The van der Waals surface area contributed by atoms with E-state index in [1.165, 1.54) is 4.68 Å². The molecule has 4 rings (SSSR count). The zero-order valence-corrected chi connectivity index (χ0v) is 24.8. The molecule has 0 saturated heterocycles. The van der Waals surface area contributed by atoms with E-state index in [0.717, 1.165) is 23.8 Å². The molecule has 0 saturated carbocycles. The SMILES string of the molecule is CCCCNC(=O)[C@H](C)n1nnnc1C[C@H](Cc1ccccc1)NC(=O)[C@H](CC(N)=O)NC(=O)c1ccc2ccccc2n1. The molecule has 2 heterocycles. The summed E-state index contributed by atoms with van der Waals surface area (Å²) < 4.78 is 1.43. The van der Waals surface area contributed by atoms with Crippen LogP contribution in [0, 0.1) is 0 Å². The van der Waals surface area contributed by atoms with Crippen molar-refractivity contribution in [2.45, 2.75) is 64.1 Å². The van der Waals surface area contributed by atoms with Gasteiger partial charge in [0.05, 0.1) is 11.9 Å². The van der Waals surface area contributed by atoms with Crippen molar-refractivity contribution >= 4 is 34.5 Å². The Morgan fingerprint density at radius 3 is 2.41 bits per heavy atom. The molecule has 0 fully saturated rings. The second-order valence-corrected chi connectivity index (χ2v) is 10.5. The lowest BCUT2D eigenvalue weighted by atomic mass is 10.0. The number of carbonyl (C=O) groups excluding carboxylic acids is 4. The molecular weight excluding hydrogens is 562 g/mol. The van der Waals surface area contributed by atoms with E-state index in [1.54, 1.807) is 25.1 Å². The third-order valence-corrected chi connectivity index (χ3v) is 7.10. The summed E-state index contributed by atoms with van der Waals surface area (Å²) in [5.74, 6) is -1.82. The average Bonchev–Trinajstić information content (AvgIpc) is 3.48. The van der Waals surface area contributed by atoms with Crippen molar-refractivity contribution in [3.63, 3.8) is 0 Å². The van der Waals surface area contributed by atoms with Crippen LogP contribution in [-0.2, 0) is 27.2 Å². The molecule has 0 aliphatic heterocycles. The summed E-state index contributed by atoms with van der Waals surface area (Å²) in [6.07, 6.45) is 1.94. The van der Waals surface area contributed by atoms with Crippen LogP contribution in [0.15, 0.2) is 66.7 Å². The number of hydrogen-bond donors (Lipinski definition) is 4. The van der Waals surface area contributed by atoms with Crippen LogP contribution in [0.5, 0.6) is 0 Å². The number of unbranched alkanes of at least 4 members (excludes halogenated alkanes) is 1. The number of para-hydroxylation sites is 1. The van der Waals surface area contributed by atoms with Crippen molar-refractivity contribution in [3.8, 4) is 0 Å². The third-order valence-electron chi connectivity index (χ3n) is 7.10. The van der Waals surface area contributed by atoms with Crippen LogP contribution in [0.25, 0.3) is 10.9 Å². The number of benzene rings is 2. The zero-order valence-electron chi connectivity index (χ0n) is 24.8. The summed E-state index contributed by atoms with van der Waals surface area (Å²) in [6.45, 7) is 4.28. The number of carbonyl (C=O) groups is 4. The Labute approximate surface area is 255 Å². The average molecular weight is 600 g/mol. The molecule has 0 aliphatic carbocycles. The summed E-state index contributed by atoms with van der Waals surface area (Å²) >= 11 is 0. The number of amides is 4. The Morgan fingerprint density at radius 1 is 0.909 bits per heavy atom. The molecule has 0 bridgehead atoms. The quantitative estimate of drug-likeness (QED) is 0.148. The van der Waals surface area contributed by atoms with Gasteiger partial charge in [0.15, 0.2) is 5.82 Å². The predicted octanol–water partition coefficient (Wildman–Crippen LogP) is 1.64. The summed E-state index contributed by atoms with van der Waals surface area (Å²) in [5, 5.41) is 21.2. The van der Waals surface area contributed by atoms with Crippen molar-refractivity contribution < 1.29 is 19.2 Å². The van der Waals surface area contributed by atoms with E-state index in [9.17, 15) is 19.2 Å². The maximum absolute atomic E-state index is 13.6. The maximum atomic E-state index is 13.6. The van der Waals surface area contributed by atoms with Gasteiger partial charge in [-0.25, -0.2) is 9.67 Å². The second kappa shape index (κ2) is 15.3. The zero-order chi connectivity index (χ0) is 31.5. The first-order valence-corrected chi connectivity index (χ1v) is 14.6. The smallest absolute Gasteiger partial charge is 0.270 e. The molecule has 0 spiro atoms. The van der Waals surface area contributed by atoms with Crippen molar-refractivity contribution in [1.82, 2.24) is 41.1 Å². The van der Waals surface area contributed by atoms with Crippen LogP contribution >= 0.6 is 0 Å². The molecule has 4 aromatic rings. The fraction of sp³-hybridized carbons (Fsp3) is 0.355. The van der Waals surface area contributed by atoms with Gasteiger partial charge in [-0.15, -0.1) is 5.10 Å². The van der Waals surface area contributed by atoms with Crippen LogP contribution in [0.4, 0.5) is 0 Å². The third kappa shape index (κ3) is 8.66. The largest absolute Gasteiger partial charge is 0.370 e. The van der Waals surface area contributed by atoms with Gasteiger partial charge >= 0.3 is 0 Å². The van der Waals surface area contributed by atoms with Crippen LogP contribution < -0.4 is 21.7 Å². The number of tetrazole rings is 1. The number of rotatable bonds is 15. The van der Waals surface area contributed by atoms with Crippen LogP contribution in [0.1, 0.15) is 61.0 Å². The topological polar surface area (TPSA) is 187 Å². The van der Waals surface area contributed by atoms with Crippen LogP contribution in [0.3, 0.4) is 0 Å². The maximum Gasteiger partial charge on any atom is 0.270 e. The lowest BCUT2D eigenvalue weighted by Crippen LogP contribution is -2.52. The van der Waals surface area contributed by atoms with Crippen molar-refractivity contribution in [2.24, 2.45) is 5.73 Å². The van der Waals surface area contributed by atoms with Gasteiger partial charge in [0.25, 0.3) is 5.91 Å². The highest BCUT2D eigenvalue weighted by Crippen LogP contribution is 2.14. The first kappa shape index (κ1) is 31.7. The van der Waals surface area contributed by atoms with Crippen LogP contribution in [-0.4, -0.2) is 67.4 Å². The molecule has 13 nitrogen and oxygen atoms in total. The van der Waals surface area contributed by atoms with E-state index in [-0.39, 0.29) is 18.0 Å². The van der Waals surface area contributed by atoms with E-state index in [1.807, 2.05) is 55.5 Å². The molecule has 3 atom stereocenters. The van der Waals surface area contributed by atoms with Gasteiger partial charge in [0.1, 0.15) is 17.8 Å². The van der Waals surface area contributed by atoms with E-state index in [2.05, 4.69) is 36.5 Å². The predicted molar refractivity (Wildman–Crippen MR) is 163 cm³/mol. The monoisotopic (exact) mass is 599 g/mol. The number of fused-ring (bicyclic) bond motifs is 1. The van der Waals surface area contributed by atoms with Gasteiger partial charge in [-0.2, -0.15) is 0 Å². The number of hydrogen-bond acceptors (Lipinski definition) is 8. The number of nitrogens with zero attached hydrogens (tertiary/aromatic N) is 5. The second-order valence-electron chi connectivity index (χ2n) is 10.5.